The van der Waals surface area contributed by atoms with Crippen LogP contribution in [0.5, 0.6) is 0 Å². The van der Waals surface area contributed by atoms with Crippen LogP contribution in [0.1, 0.15) is 31.7 Å². The van der Waals surface area contributed by atoms with Gasteiger partial charge in [0, 0.05) is 30.4 Å². The molecule has 1 fully saturated rings. The van der Waals surface area contributed by atoms with Crippen LogP contribution in [0.25, 0.3) is 0 Å². The zero-order valence-corrected chi connectivity index (χ0v) is 12.2. The summed E-state index contributed by atoms with van der Waals surface area (Å²) in [6.45, 7) is 5.75. The van der Waals surface area contributed by atoms with Crippen molar-refractivity contribution in [3.05, 3.63) is 29.8 Å². The number of likely N-dealkylation sites (N-methyl/N-ethyl adjacent to an activating group) is 1. The smallest absolute Gasteiger partial charge is 0.0736 e. The van der Waals surface area contributed by atoms with E-state index >= 15 is 0 Å². The number of hydrogen-bond acceptors (Lipinski definition) is 3. The highest BCUT2D eigenvalue weighted by atomic mass is 16.5. The second kappa shape index (κ2) is 7.51. The van der Waals surface area contributed by atoms with Crippen molar-refractivity contribution < 1.29 is 4.74 Å². The molecule has 0 aromatic heterocycles. The fourth-order valence-electron chi connectivity index (χ4n) is 2.66. The molecule has 0 saturated carbocycles. The summed E-state index contributed by atoms with van der Waals surface area (Å²) in [5, 5.41) is 3.60. The Kier molecular flexibility index (Phi) is 5.67. The van der Waals surface area contributed by atoms with E-state index in [1.807, 2.05) is 6.92 Å². The predicted octanol–water partition coefficient (Wildman–Crippen LogP) is 3.12. The monoisotopic (exact) mass is 262 g/mol. The van der Waals surface area contributed by atoms with Gasteiger partial charge in [-0.05, 0) is 39.4 Å². The fourth-order valence-corrected chi connectivity index (χ4v) is 2.66. The van der Waals surface area contributed by atoms with Crippen LogP contribution in [0.4, 0.5) is 5.69 Å². The van der Waals surface area contributed by atoms with Crippen LogP contribution in [0.2, 0.25) is 0 Å². The number of benzene rings is 1. The van der Waals surface area contributed by atoms with Gasteiger partial charge in [0.1, 0.15) is 0 Å². The molecule has 1 aromatic rings. The standard InChI is InChI=1S/C16H26N2O/c1-3-19-13-14-8-4-5-10-16(14)17-12-15-9-6-7-11-18(15)2/h4-5,8,10,15,17H,3,6-7,9,11-13H2,1-2H3. The number of nitrogens with zero attached hydrogens (tertiary/aromatic N) is 1. The molecule has 0 radical (unpaired) electrons. The van der Waals surface area contributed by atoms with Gasteiger partial charge in [-0.3, -0.25) is 0 Å². The third-order valence-corrected chi connectivity index (χ3v) is 3.93. The van der Waals surface area contributed by atoms with Gasteiger partial charge in [-0.15, -0.1) is 0 Å². The third-order valence-electron chi connectivity index (χ3n) is 3.93. The normalized spacial score (nSPS) is 20.4. The maximum atomic E-state index is 5.52. The van der Waals surface area contributed by atoms with Crippen molar-refractivity contribution in [2.75, 3.05) is 32.1 Å². The van der Waals surface area contributed by atoms with Crippen molar-refractivity contribution in [1.82, 2.24) is 4.90 Å². The average molecular weight is 262 g/mol. The van der Waals surface area contributed by atoms with E-state index in [4.69, 9.17) is 4.74 Å². The van der Waals surface area contributed by atoms with Gasteiger partial charge >= 0.3 is 0 Å². The molecule has 3 nitrogen and oxygen atoms in total. The van der Waals surface area contributed by atoms with E-state index in [0.717, 1.165) is 13.2 Å². The summed E-state index contributed by atoms with van der Waals surface area (Å²) >= 11 is 0. The van der Waals surface area contributed by atoms with E-state index in [1.54, 1.807) is 0 Å². The van der Waals surface area contributed by atoms with Gasteiger partial charge in [-0.25, -0.2) is 0 Å². The van der Waals surface area contributed by atoms with Crippen molar-refractivity contribution in [2.24, 2.45) is 0 Å². The zero-order valence-electron chi connectivity index (χ0n) is 12.2. The second-order valence-electron chi connectivity index (χ2n) is 5.31. The zero-order chi connectivity index (χ0) is 13.5. The van der Waals surface area contributed by atoms with E-state index in [-0.39, 0.29) is 0 Å². The fraction of sp³-hybridized carbons (Fsp3) is 0.625. The Bertz CT molecular complexity index is 381. The van der Waals surface area contributed by atoms with E-state index in [0.29, 0.717) is 12.6 Å². The first-order chi connectivity index (χ1) is 9.31. The molecule has 0 amide bonds. The first-order valence-corrected chi connectivity index (χ1v) is 7.41. The Hall–Kier alpha value is -1.06. The molecule has 19 heavy (non-hydrogen) atoms. The quantitative estimate of drug-likeness (QED) is 0.852. The molecule has 1 aromatic carbocycles. The molecule has 0 aliphatic carbocycles. The van der Waals surface area contributed by atoms with Crippen LogP contribution in [0.3, 0.4) is 0 Å². The largest absolute Gasteiger partial charge is 0.383 e. The summed E-state index contributed by atoms with van der Waals surface area (Å²) in [5.41, 5.74) is 2.47. The van der Waals surface area contributed by atoms with Crippen molar-refractivity contribution in [3.8, 4) is 0 Å². The first-order valence-electron chi connectivity index (χ1n) is 7.41. The summed E-state index contributed by atoms with van der Waals surface area (Å²) in [7, 11) is 2.23. The number of anilines is 1. The summed E-state index contributed by atoms with van der Waals surface area (Å²) in [6.07, 6.45) is 4.00. The van der Waals surface area contributed by atoms with Crippen LogP contribution in [-0.4, -0.2) is 37.7 Å². The van der Waals surface area contributed by atoms with Gasteiger partial charge in [0.05, 0.1) is 6.61 Å². The van der Waals surface area contributed by atoms with Crippen LogP contribution in [0.15, 0.2) is 24.3 Å². The minimum Gasteiger partial charge on any atom is -0.383 e. The number of para-hydroxylation sites is 1. The predicted molar refractivity (Wildman–Crippen MR) is 80.5 cm³/mol. The lowest BCUT2D eigenvalue weighted by Gasteiger charge is -2.33. The Morgan fingerprint density at radius 3 is 2.95 bits per heavy atom. The molecule has 3 heteroatoms. The number of ether oxygens (including phenoxy) is 1. The van der Waals surface area contributed by atoms with Crippen LogP contribution in [0, 0.1) is 0 Å². The van der Waals surface area contributed by atoms with E-state index < -0.39 is 0 Å². The molecule has 2 rings (SSSR count). The van der Waals surface area contributed by atoms with Gasteiger partial charge < -0.3 is 15.0 Å². The van der Waals surface area contributed by atoms with E-state index in [1.165, 1.54) is 37.1 Å². The summed E-state index contributed by atoms with van der Waals surface area (Å²) in [6, 6.07) is 9.11. The average Bonchev–Trinajstić information content (AvgIpc) is 2.45. The molecule has 0 spiro atoms. The topological polar surface area (TPSA) is 24.5 Å². The van der Waals surface area contributed by atoms with Crippen molar-refractivity contribution >= 4 is 5.69 Å². The summed E-state index contributed by atoms with van der Waals surface area (Å²) in [5.74, 6) is 0. The Morgan fingerprint density at radius 2 is 2.16 bits per heavy atom. The number of hydrogen-bond donors (Lipinski definition) is 1. The van der Waals surface area contributed by atoms with Gasteiger partial charge in [-0.1, -0.05) is 24.6 Å². The minimum absolute atomic E-state index is 0.661. The van der Waals surface area contributed by atoms with Crippen LogP contribution >= 0.6 is 0 Å². The maximum absolute atomic E-state index is 5.52. The number of rotatable bonds is 6. The van der Waals surface area contributed by atoms with E-state index in [2.05, 4.69) is 41.5 Å². The van der Waals surface area contributed by atoms with Crippen molar-refractivity contribution in [2.45, 2.75) is 38.8 Å². The van der Waals surface area contributed by atoms with Gasteiger partial charge in [0.2, 0.25) is 0 Å². The molecule has 1 N–H and O–H groups in total. The number of piperidine rings is 1. The Morgan fingerprint density at radius 1 is 1.32 bits per heavy atom. The third kappa shape index (κ3) is 4.22. The molecule has 106 valence electrons. The molecule has 1 unspecified atom stereocenters. The number of likely N-dealkylation sites (tertiary alicyclic amines) is 1. The SMILES string of the molecule is CCOCc1ccccc1NCC1CCCCN1C. The Labute approximate surface area is 116 Å². The maximum Gasteiger partial charge on any atom is 0.0736 e. The highest BCUT2D eigenvalue weighted by Crippen LogP contribution is 2.19. The lowest BCUT2D eigenvalue weighted by molar-refractivity contribution is 0.134. The minimum atomic E-state index is 0.661. The van der Waals surface area contributed by atoms with Crippen molar-refractivity contribution in [3.63, 3.8) is 0 Å². The summed E-state index contributed by atoms with van der Waals surface area (Å²) < 4.78 is 5.52. The van der Waals surface area contributed by atoms with Gasteiger partial charge in [-0.2, -0.15) is 0 Å². The van der Waals surface area contributed by atoms with Crippen molar-refractivity contribution in [1.29, 1.82) is 0 Å². The van der Waals surface area contributed by atoms with E-state index in [9.17, 15) is 0 Å². The molecule has 1 heterocycles. The lowest BCUT2D eigenvalue weighted by Crippen LogP contribution is -2.40. The molecular formula is C16H26N2O. The highest BCUT2D eigenvalue weighted by molar-refractivity contribution is 5.50. The molecule has 1 aliphatic heterocycles. The highest BCUT2D eigenvalue weighted by Gasteiger charge is 2.18. The Balaban J connectivity index is 1.91. The molecule has 1 saturated heterocycles. The summed E-state index contributed by atoms with van der Waals surface area (Å²) in [4.78, 5) is 2.47. The molecule has 1 atom stereocenters. The van der Waals surface area contributed by atoms with Crippen LogP contribution < -0.4 is 5.32 Å². The lowest BCUT2D eigenvalue weighted by atomic mass is 10.0. The van der Waals surface area contributed by atoms with Gasteiger partial charge in [0.25, 0.3) is 0 Å². The first kappa shape index (κ1) is 14.4. The number of nitrogens with one attached hydrogen (secondary N) is 1. The molecule has 1 aliphatic rings. The molecule has 0 bridgehead atoms. The van der Waals surface area contributed by atoms with Crippen LogP contribution in [-0.2, 0) is 11.3 Å². The van der Waals surface area contributed by atoms with Gasteiger partial charge in [0.15, 0.2) is 0 Å². The second-order valence-corrected chi connectivity index (χ2v) is 5.31. The molecular weight excluding hydrogens is 236 g/mol.